The first-order chi connectivity index (χ1) is 12.9. The molecule has 0 saturated carbocycles. The first-order valence-corrected chi connectivity index (χ1v) is 8.88. The van der Waals surface area contributed by atoms with Crippen LogP contribution in [0.4, 0.5) is 8.78 Å². The number of para-hydroxylation sites is 1. The fourth-order valence-electron chi connectivity index (χ4n) is 2.29. The number of ketones is 1. The van der Waals surface area contributed by atoms with E-state index < -0.39 is 12.2 Å². The highest BCUT2D eigenvalue weighted by Crippen LogP contribution is 2.20. The van der Waals surface area contributed by atoms with Gasteiger partial charge in [-0.05, 0) is 36.4 Å². The van der Waals surface area contributed by atoms with Crippen molar-refractivity contribution >= 4 is 40.9 Å². The summed E-state index contributed by atoms with van der Waals surface area (Å²) >= 11 is 6.83. The van der Waals surface area contributed by atoms with E-state index in [0.717, 1.165) is 11.3 Å². The lowest BCUT2D eigenvalue weighted by atomic mass is 10.1. The summed E-state index contributed by atoms with van der Waals surface area (Å²) < 4.78 is 30.1. The number of aromatic amines is 1. The van der Waals surface area contributed by atoms with E-state index in [2.05, 4.69) is 9.72 Å². The summed E-state index contributed by atoms with van der Waals surface area (Å²) in [6, 6.07) is 12.5. The van der Waals surface area contributed by atoms with E-state index in [4.69, 9.17) is 11.6 Å². The molecule has 0 aliphatic carbocycles. The van der Waals surface area contributed by atoms with Crippen molar-refractivity contribution in [3.8, 4) is 5.75 Å². The average Bonchev–Trinajstić information content (AvgIpc) is 2.96. The normalized spacial score (nSPS) is 12.6. The number of carbonyl (C=O) groups is 1. The molecule has 0 saturated heterocycles. The molecule has 0 aliphatic heterocycles. The Bertz CT molecular complexity index is 1140. The van der Waals surface area contributed by atoms with Crippen molar-refractivity contribution in [3.63, 3.8) is 0 Å². The molecule has 2 aromatic carbocycles. The van der Waals surface area contributed by atoms with Gasteiger partial charge in [-0.15, -0.1) is 11.3 Å². The molecule has 0 radical (unpaired) electrons. The number of thiazole rings is 1. The molecule has 27 heavy (non-hydrogen) atoms. The number of nitrogens with one attached hydrogen (secondary N) is 1. The highest BCUT2D eigenvalue weighted by Gasteiger charge is 2.08. The third kappa shape index (κ3) is 4.90. The van der Waals surface area contributed by atoms with E-state index >= 15 is 0 Å². The van der Waals surface area contributed by atoms with E-state index in [1.54, 1.807) is 42.5 Å². The highest BCUT2D eigenvalue weighted by molar-refractivity contribution is 7.07. The maximum Gasteiger partial charge on any atom is 0.387 e. The Morgan fingerprint density at radius 2 is 1.85 bits per heavy atom. The third-order valence-electron chi connectivity index (χ3n) is 3.49. The minimum absolute atomic E-state index is 0.0388. The Morgan fingerprint density at radius 3 is 2.56 bits per heavy atom. The summed E-state index contributed by atoms with van der Waals surface area (Å²) in [5.74, 6) is -0.333. The summed E-state index contributed by atoms with van der Waals surface area (Å²) in [6.45, 7) is -2.97. The molecule has 0 bridgehead atoms. The van der Waals surface area contributed by atoms with Gasteiger partial charge >= 0.3 is 6.61 Å². The van der Waals surface area contributed by atoms with Crippen molar-refractivity contribution in [2.75, 3.05) is 0 Å². The van der Waals surface area contributed by atoms with Crippen LogP contribution >= 0.6 is 22.9 Å². The minimum atomic E-state index is -2.97. The zero-order valence-corrected chi connectivity index (χ0v) is 15.2. The Balaban J connectivity index is 1.98. The Kier molecular flexibility index (Phi) is 5.83. The lowest BCUT2D eigenvalue weighted by Gasteiger charge is -2.06. The van der Waals surface area contributed by atoms with Crippen LogP contribution in [0.25, 0.3) is 12.2 Å². The van der Waals surface area contributed by atoms with Gasteiger partial charge in [-0.3, -0.25) is 9.59 Å². The summed E-state index contributed by atoms with van der Waals surface area (Å²) in [7, 11) is 0. The van der Waals surface area contributed by atoms with E-state index in [1.807, 2.05) is 0 Å². The quantitative estimate of drug-likeness (QED) is 0.661. The SMILES string of the molecule is O=C(/C=c1/[nH]c(=O)/c(=C/c2ccccc2OC(F)F)s1)c1ccc(Cl)cc1. The summed E-state index contributed by atoms with van der Waals surface area (Å²) in [4.78, 5) is 27.0. The first kappa shape index (κ1) is 19.0. The number of benzene rings is 2. The fraction of sp³-hybridized carbons (Fsp3) is 0.0526. The molecule has 1 aromatic heterocycles. The number of rotatable bonds is 5. The zero-order valence-electron chi connectivity index (χ0n) is 13.6. The van der Waals surface area contributed by atoms with Gasteiger partial charge in [0.2, 0.25) is 0 Å². The molecule has 3 rings (SSSR count). The number of aromatic nitrogens is 1. The summed E-state index contributed by atoms with van der Waals surface area (Å²) in [5.41, 5.74) is 0.331. The van der Waals surface area contributed by atoms with Crippen molar-refractivity contribution in [3.05, 3.63) is 84.2 Å². The second-order valence-electron chi connectivity index (χ2n) is 5.36. The molecule has 1 heterocycles. The van der Waals surface area contributed by atoms with Gasteiger partial charge in [0.15, 0.2) is 5.78 Å². The van der Waals surface area contributed by atoms with Gasteiger partial charge in [0.25, 0.3) is 5.56 Å². The van der Waals surface area contributed by atoms with Crippen molar-refractivity contribution in [2.45, 2.75) is 6.61 Å². The standard InChI is InChI=1S/C19H12ClF2NO3S/c20-13-7-5-11(6-8-13)14(24)10-17-23-18(25)16(27-17)9-12-3-1-2-4-15(12)26-19(21)22/h1-10,19H,(H,23,25)/b16-9-,17-10-. The fourth-order valence-corrected chi connectivity index (χ4v) is 3.29. The predicted molar refractivity (Wildman–Crippen MR) is 101 cm³/mol. The van der Waals surface area contributed by atoms with E-state index in [-0.39, 0.29) is 16.1 Å². The van der Waals surface area contributed by atoms with E-state index in [9.17, 15) is 18.4 Å². The van der Waals surface area contributed by atoms with Crippen molar-refractivity contribution in [1.29, 1.82) is 0 Å². The first-order valence-electron chi connectivity index (χ1n) is 7.69. The molecule has 4 nitrogen and oxygen atoms in total. The van der Waals surface area contributed by atoms with Crippen LogP contribution in [0.15, 0.2) is 53.3 Å². The molecule has 3 aromatic rings. The number of ether oxygens (including phenoxy) is 1. The van der Waals surface area contributed by atoms with Gasteiger partial charge in [-0.25, -0.2) is 0 Å². The molecular weight excluding hydrogens is 396 g/mol. The van der Waals surface area contributed by atoms with Crippen molar-refractivity contribution in [1.82, 2.24) is 4.98 Å². The molecule has 0 aliphatic rings. The molecule has 138 valence electrons. The molecule has 0 fully saturated rings. The monoisotopic (exact) mass is 407 g/mol. The lowest BCUT2D eigenvalue weighted by Crippen LogP contribution is -2.20. The molecule has 0 atom stereocenters. The number of halogens is 3. The molecule has 0 amide bonds. The molecule has 8 heteroatoms. The van der Waals surface area contributed by atoms with Gasteiger partial charge in [0.1, 0.15) is 5.75 Å². The van der Waals surface area contributed by atoms with Crippen LogP contribution in [-0.4, -0.2) is 17.4 Å². The van der Waals surface area contributed by atoms with Gasteiger partial charge < -0.3 is 9.72 Å². The zero-order chi connectivity index (χ0) is 19.4. The number of alkyl halides is 2. The molecule has 0 unspecified atom stereocenters. The molecule has 1 N–H and O–H groups in total. The number of hydrogen-bond acceptors (Lipinski definition) is 4. The van der Waals surface area contributed by atoms with Crippen LogP contribution in [-0.2, 0) is 0 Å². The largest absolute Gasteiger partial charge is 0.434 e. The second-order valence-corrected chi connectivity index (χ2v) is 6.88. The highest BCUT2D eigenvalue weighted by atomic mass is 35.5. The van der Waals surface area contributed by atoms with Gasteiger partial charge in [0, 0.05) is 22.2 Å². The number of carbonyl (C=O) groups excluding carboxylic acids is 1. The number of Topliss-reactive ketones (excluding diaryl/α,β-unsaturated/α-hetero) is 1. The Labute approximate surface area is 161 Å². The van der Waals surface area contributed by atoms with Crippen LogP contribution in [0.1, 0.15) is 15.9 Å². The van der Waals surface area contributed by atoms with Crippen LogP contribution in [0, 0.1) is 0 Å². The van der Waals surface area contributed by atoms with Gasteiger partial charge in [-0.1, -0.05) is 29.8 Å². The Hall–Kier alpha value is -2.77. The van der Waals surface area contributed by atoms with E-state index in [1.165, 1.54) is 18.2 Å². The third-order valence-corrected chi connectivity index (χ3v) is 4.71. The minimum Gasteiger partial charge on any atom is -0.434 e. The second kappa shape index (κ2) is 8.28. The van der Waals surface area contributed by atoms with Crippen LogP contribution in [0.5, 0.6) is 5.75 Å². The van der Waals surface area contributed by atoms with Crippen molar-refractivity contribution in [2.24, 2.45) is 0 Å². The van der Waals surface area contributed by atoms with Gasteiger partial charge in [-0.2, -0.15) is 8.78 Å². The Morgan fingerprint density at radius 1 is 1.15 bits per heavy atom. The van der Waals surface area contributed by atoms with E-state index in [0.29, 0.717) is 20.8 Å². The maximum atomic E-state index is 12.5. The van der Waals surface area contributed by atoms with Crippen LogP contribution in [0.3, 0.4) is 0 Å². The topological polar surface area (TPSA) is 59.2 Å². The smallest absolute Gasteiger partial charge is 0.387 e. The molecular formula is C19H12ClF2NO3S. The number of H-pyrrole nitrogens is 1. The van der Waals surface area contributed by atoms with Crippen molar-refractivity contribution < 1.29 is 18.3 Å². The molecule has 0 spiro atoms. The lowest BCUT2D eigenvalue weighted by molar-refractivity contribution is -0.0499. The average molecular weight is 408 g/mol. The summed E-state index contributed by atoms with van der Waals surface area (Å²) in [6.07, 6.45) is 2.74. The summed E-state index contributed by atoms with van der Waals surface area (Å²) in [5, 5.41) is 0.512. The number of hydrogen-bond donors (Lipinski definition) is 1. The van der Waals surface area contributed by atoms with Gasteiger partial charge in [0.05, 0.1) is 9.20 Å². The van der Waals surface area contributed by atoms with Crippen LogP contribution in [0.2, 0.25) is 5.02 Å². The maximum absolute atomic E-state index is 12.5. The van der Waals surface area contributed by atoms with Crippen LogP contribution < -0.4 is 19.5 Å². The predicted octanol–water partition coefficient (Wildman–Crippen LogP) is 3.18.